The van der Waals surface area contributed by atoms with Crippen molar-refractivity contribution in [2.75, 3.05) is 12.3 Å². The first-order valence-corrected chi connectivity index (χ1v) is 7.67. The number of nitrogens with one attached hydrogen (secondary N) is 1. The molecule has 3 heteroatoms. The molecule has 0 spiro atoms. The lowest BCUT2D eigenvalue weighted by Gasteiger charge is -2.09. The Kier molecular flexibility index (Phi) is 7.40. The van der Waals surface area contributed by atoms with Gasteiger partial charge in [0.15, 0.2) is 0 Å². The highest BCUT2D eigenvalue weighted by Gasteiger charge is 2.00. The van der Waals surface area contributed by atoms with Crippen LogP contribution in [0.5, 0.6) is 0 Å². The first-order chi connectivity index (χ1) is 8.58. The second-order valence-corrected chi connectivity index (χ2v) is 6.33. The summed E-state index contributed by atoms with van der Waals surface area (Å²) in [5.74, 6) is 1.66. The van der Waals surface area contributed by atoms with E-state index >= 15 is 0 Å². The van der Waals surface area contributed by atoms with E-state index in [0.29, 0.717) is 5.92 Å². The van der Waals surface area contributed by atoms with Gasteiger partial charge in [-0.1, -0.05) is 26.0 Å². The summed E-state index contributed by atoms with van der Waals surface area (Å²) >= 11 is 1.81. The van der Waals surface area contributed by atoms with Crippen LogP contribution in [0.3, 0.4) is 0 Å². The Hall–Kier alpha value is -0.510. The third-order valence-corrected chi connectivity index (χ3v) is 3.61. The minimum Gasteiger partial charge on any atom is -0.393 e. The Labute approximate surface area is 115 Å². The first kappa shape index (κ1) is 15.5. The van der Waals surface area contributed by atoms with Crippen LogP contribution in [-0.4, -0.2) is 23.5 Å². The number of aliphatic hydroxyl groups excluding tert-OH is 1. The lowest BCUT2D eigenvalue weighted by Crippen LogP contribution is -2.18. The Morgan fingerprint density at radius 1 is 1.28 bits per heavy atom. The zero-order chi connectivity index (χ0) is 13.4. The Bertz CT molecular complexity index is 310. The maximum Gasteiger partial charge on any atom is 0.0520 e. The quantitative estimate of drug-likeness (QED) is 0.709. The van der Waals surface area contributed by atoms with Crippen LogP contribution in [0.2, 0.25) is 0 Å². The summed E-state index contributed by atoms with van der Waals surface area (Å²) in [6.45, 7) is 8.26. The van der Waals surface area contributed by atoms with Gasteiger partial charge in [-0.3, -0.25) is 0 Å². The predicted molar refractivity (Wildman–Crippen MR) is 80.0 cm³/mol. The molecule has 0 radical (unpaired) electrons. The highest BCUT2D eigenvalue weighted by Crippen LogP contribution is 2.20. The first-order valence-electron chi connectivity index (χ1n) is 6.68. The van der Waals surface area contributed by atoms with Crippen molar-refractivity contribution in [2.45, 2.75) is 44.7 Å². The van der Waals surface area contributed by atoms with E-state index in [1.807, 2.05) is 18.7 Å². The monoisotopic (exact) mass is 267 g/mol. The lowest BCUT2D eigenvalue weighted by molar-refractivity contribution is 0.192. The van der Waals surface area contributed by atoms with Crippen molar-refractivity contribution >= 4 is 11.8 Å². The molecule has 1 rings (SSSR count). The van der Waals surface area contributed by atoms with E-state index in [1.54, 1.807) is 0 Å². The molecule has 2 N–H and O–H groups in total. The van der Waals surface area contributed by atoms with Gasteiger partial charge >= 0.3 is 0 Å². The van der Waals surface area contributed by atoms with Gasteiger partial charge in [-0.15, -0.1) is 11.8 Å². The van der Waals surface area contributed by atoms with Crippen molar-refractivity contribution in [1.29, 1.82) is 0 Å². The van der Waals surface area contributed by atoms with E-state index in [-0.39, 0.29) is 6.10 Å². The molecule has 18 heavy (non-hydrogen) atoms. The fourth-order valence-electron chi connectivity index (χ4n) is 1.60. The molecule has 1 aromatic carbocycles. The number of thioether (sulfide) groups is 1. The molecule has 0 aliphatic heterocycles. The molecule has 0 aliphatic rings. The van der Waals surface area contributed by atoms with Gasteiger partial charge in [0.05, 0.1) is 6.10 Å². The Morgan fingerprint density at radius 3 is 2.72 bits per heavy atom. The standard InChI is InChI=1S/C15H25NOS/c1-12(2)10-16-11-14-5-4-6-15(9-14)18-8-7-13(3)17/h4-6,9,12-13,16-17H,7-8,10-11H2,1-3H3. The van der Waals surface area contributed by atoms with E-state index in [1.165, 1.54) is 10.5 Å². The number of hydrogen-bond acceptors (Lipinski definition) is 3. The topological polar surface area (TPSA) is 32.3 Å². The number of benzene rings is 1. The molecule has 1 unspecified atom stereocenters. The van der Waals surface area contributed by atoms with E-state index in [4.69, 9.17) is 0 Å². The average Bonchev–Trinajstić information content (AvgIpc) is 2.28. The molecule has 0 saturated heterocycles. The lowest BCUT2D eigenvalue weighted by atomic mass is 10.2. The second-order valence-electron chi connectivity index (χ2n) is 5.16. The van der Waals surface area contributed by atoms with Crippen molar-refractivity contribution in [3.05, 3.63) is 29.8 Å². The van der Waals surface area contributed by atoms with Crippen molar-refractivity contribution in [3.63, 3.8) is 0 Å². The molecule has 0 fully saturated rings. The van der Waals surface area contributed by atoms with E-state index in [0.717, 1.165) is 25.3 Å². The molecule has 0 heterocycles. The zero-order valence-corrected chi connectivity index (χ0v) is 12.5. The van der Waals surface area contributed by atoms with Gasteiger partial charge in [0.1, 0.15) is 0 Å². The second kappa shape index (κ2) is 8.57. The molecule has 0 amide bonds. The third kappa shape index (κ3) is 7.04. The van der Waals surface area contributed by atoms with Crippen LogP contribution in [0.4, 0.5) is 0 Å². The summed E-state index contributed by atoms with van der Waals surface area (Å²) in [7, 11) is 0. The van der Waals surface area contributed by atoms with Crippen LogP contribution in [0, 0.1) is 5.92 Å². The number of aliphatic hydroxyl groups is 1. The van der Waals surface area contributed by atoms with Crippen LogP contribution < -0.4 is 5.32 Å². The summed E-state index contributed by atoms with van der Waals surface area (Å²) in [6, 6.07) is 8.64. The highest BCUT2D eigenvalue weighted by molar-refractivity contribution is 7.99. The maximum absolute atomic E-state index is 9.23. The summed E-state index contributed by atoms with van der Waals surface area (Å²) in [4.78, 5) is 1.29. The molecule has 102 valence electrons. The van der Waals surface area contributed by atoms with Crippen molar-refractivity contribution < 1.29 is 5.11 Å². The van der Waals surface area contributed by atoms with Crippen LogP contribution in [0.25, 0.3) is 0 Å². The van der Waals surface area contributed by atoms with E-state index in [2.05, 4.69) is 43.4 Å². The van der Waals surface area contributed by atoms with E-state index < -0.39 is 0 Å². The molecule has 0 bridgehead atoms. The van der Waals surface area contributed by atoms with Crippen LogP contribution in [0.15, 0.2) is 29.2 Å². The zero-order valence-electron chi connectivity index (χ0n) is 11.6. The molecule has 2 nitrogen and oxygen atoms in total. The van der Waals surface area contributed by atoms with Crippen LogP contribution >= 0.6 is 11.8 Å². The fourth-order valence-corrected chi connectivity index (χ4v) is 2.70. The van der Waals surface area contributed by atoms with E-state index in [9.17, 15) is 5.11 Å². The minimum atomic E-state index is -0.201. The summed E-state index contributed by atoms with van der Waals surface area (Å²) in [5.41, 5.74) is 1.33. The highest BCUT2D eigenvalue weighted by atomic mass is 32.2. The van der Waals surface area contributed by atoms with Crippen molar-refractivity contribution in [1.82, 2.24) is 5.32 Å². The molecule has 1 aromatic rings. The number of rotatable bonds is 8. The largest absolute Gasteiger partial charge is 0.393 e. The van der Waals surface area contributed by atoms with Crippen LogP contribution in [0.1, 0.15) is 32.8 Å². The van der Waals surface area contributed by atoms with Gasteiger partial charge in [-0.2, -0.15) is 0 Å². The van der Waals surface area contributed by atoms with Gasteiger partial charge < -0.3 is 10.4 Å². The van der Waals surface area contributed by atoms with Gasteiger partial charge in [0.25, 0.3) is 0 Å². The average molecular weight is 267 g/mol. The van der Waals surface area contributed by atoms with Crippen molar-refractivity contribution in [3.8, 4) is 0 Å². The van der Waals surface area contributed by atoms with Crippen molar-refractivity contribution in [2.24, 2.45) is 5.92 Å². The van der Waals surface area contributed by atoms with Gasteiger partial charge in [-0.05, 0) is 43.5 Å². The Balaban J connectivity index is 2.36. The predicted octanol–water partition coefficient (Wildman–Crippen LogP) is 3.30. The minimum absolute atomic E-state index is 0.201. The molecule has 0 aromatic heterocycles. The molecule has 0 aliphatic carbocycles. The third-order valence-electron chi connectivity index (χ3n) is 2.58. The molecule has 0 saturated carbocycles. The van der Waals surface area contributed by atoms with Gasteiger partial charge in [0.2, 0.25) is 0 Å². The molecular weight excluding hydrogens is 242 g/mol. The maximum atomic E-state index is 9.23. The van der Waals surface area contributed by atoms with Gasteiger partial charge in [0, 0.05) is 17.2 Å². The van der Waals surface area contributed by atoms with Crippen LogP contribution in [-0.2, 0) is 6.54 Å². The SMILES string of the molecule is CC(C)CNCc1cccc(SCCC(C)O)c1. The molecule has 1 atom stereocenters. The number of hydrogen-bond donors (Lipinski definition) is 2. The normalized spacial score (nSPS) is 12.9. The van der Waals surface area contributed by atoms with Gasteiger partial charge in [-0.25, -0.2) is 0 Å². The smallest absolute Gasteiger partial charge is 0.0520 e. The fraction of sp³-hybridized carbons (Fsp3) is 0.600. The summed E-state index contributed by atoms with van der Waals surface area (Å²) in [6.07, 6.45) is 0.647. The Morgan fingerprint density at radius 2 is 2.06 bits per heavy atom. The molecular formula is C15H25NOS. The summed E-state index contributed by atoms with van der Waals surface area (Å²) < 4.78 is 0. The summed E-state index contributed by atoms with van der Waals surface area (Å²) in [5, 5.41) is 12.7.